The third kappa shape index (κ3) is 6.68. The van der Waals surface area contributed by atoms with Crippen molar-refractivity contribution in [1.82, 2.24) is 5.32 Å². The van der Waals surface area contributed by atoms with Crippen molar-refractivity contribution in [2.24, 2.45) is 5.92 Å². The monoisotopic (exact) mass is 282 g/mol. The van der Waals surface area contributed by atoms with Crippen molar-refractivity contribution < 1.29 is 0 Å². The van der Waals surface area contributed by atoms with Gasteiger partial charge in [-0.15, -0.1) is 0 Å². The molecule has 1 aliphatic carbocycles. The second-order valence-electron chi connectivity index (χ2n) is 6.20. The highest BCUT2D eigenvalue weighted by Crippen LogP contribution is 2.32. The summed E-state index contributed by atoms with van der Waals surface area (Å²) in [6.45, 7) is 7.35. The predicted molar refractivity (Wildman–Crippen MR) is 85.4 cm³/mol. The summed E-state index contributed by atoms with van der Waals surface area (Å²) in [5, 5.41) is 13.4. The Hall–Kier alpha value is -0.200. The molecule has 1 fully saturated rings. The Morgan fingerprint density at radius 1 is 1.37 bits per heavy atom. The van der Waals surface area contributed by atoms with Crippen molar-refractivity contribution in [1.29, 1.82) is 5.26 Å². The minimum Gasteiger partial charge on any atom is -0.300 e. The van der Waals surface area contributed by atoms with E-state index in [0.717, 1.165) is 30.6 Å². The van der Waals surface area contributed by atoms with Crippen molar-refractivity contribution in [3.8, 4) is 6.07 Å². The predicted octanol–water partition coefficient (Wildman–Crippen LogP) is 4.36. The van der Waals surface area contributed by atoms with Crippen LogP contribution in [0, 0.1) is 17.2 Å². The van der Waals surface area contributed by atoms with Gasteiger partial charge in [-0.05, 0) is 57.2 Å². The first-order valence-corrected chi connectivity index (χ1v) is 8.92. The van der Waals surface area contributed by atoms with Crippen molar-refractivity contribution in [2.45, 2.75) is 76.5 Å². The second kappa shape index (κ2) is 8.87. The molecule has 0 radical (unpaired) electrons. The van der Waals surface area contributed by atoms with Gasteiger partial charge in [0.15, 0.2) is 0 Å². The Morgan fingerprint density at radius 2 is 2.16 bits per heavy atom. The van der Waals surface area contributed by atoms with E-state index in [1.54, 1.807) is 0 Å². The molecule has 0 aromatic heterocycles. The molecule has 1 saturated carbocycles. The molecule has 0 aliphatic heterocycles. The van der Waals surface area contributed by atoms with Gasteiger partial charge in [0.2, 0.25) is 0 Å². The first-order valence-electron chi connectivity index (χ1n) is 7.87. The highest BCUT2D eigenvalue weighted by atomic mass is 32.2. The Morgan fingerprint density at radius 3 is 2.79 bits per heavy atom. The van der Waals surface area contributed by atoms with Gasteiger partial charge in [0.05, 0.1) is 6.07 Å². The molecule has 1 rings (SSSR count). The van der Waals surface area contributed by atoms with Gasteiger partial charge < -0.3 is 0 Å². The average Bonchev–Trinajstić information content (AvgIpc) is 2.39. The van der Waals surface area contributed by atoms with E-state index in [4.69, 9.17) is 0 Å². The Bertz CT molecular complexity index is 287. The molecular formula is C16H30N2S. The molecule has 0 bridgehead atoms. The summed E-state index contributed by atoms with van der Waals surface area (Å²) < 4.78 is 0. The van der Waals surface area contributed by atoms with Gasteiger partial charge in [-0.25, -0.2) is 0 Å². The smallest absolute Gasteiger partial charge is 0.103 e. The van der Waals surface area contributed by atoms with E-state index in [1.165, 1.54) is 37.9 Å². The number of hydrogen-bond acceptors (Lipinski definition) is 3. The van der Waals surface area contributed by atoms with Gasteiger partial charge in [0.25, 0.3) is 0 Å². The lowest BCUT2D eigenvalue weighted by Crippen LogP contribution is -2.40. The third-order valence-electron chi connectivity index (χ3n) is 4.13. The van der Waals surface area contributed by atoms with Crippen molar-refractivity contribution in [3.05, 3.63) is 0 Å². The molecule has 110 valence electrons. The van der Waals surface area contributed by atoms with Crippen LogP contribution in [0.4, 0.5) is 0 Å². The largest absolute Gasteiger partial charge is 0.300 e. The molecule has 0 amide bonds. The first kappa shape index (κ1) is 16.9. The van der Waals surface area contributed by atoms with Crippen molar-refractivity contribution in [3.63, 3.8) is 0 Å². The Balaban J connectivity index is 2.09. The van der Waals surface area contributed by atoms with E-state index in [-0.39, 0.29) is 5.54 Å². The van der Waals surface area contributed by atoms with E-state index in [9.17, 15) is 5.26 Å². The van der Waals surface area contributed by atoms with Crippen LogP contribution in [0.5, 0.6) is 0 Å². The highest BCUT2D eigenvalue weighted by Gasteiger charge is 2.22. The minimum absolute atomic E-state index is 0.321. The van der Waals surface area contributed by atoms with Crippen LogP contribution in [0.15, 0.2) is 0 Å². The topological polar surface area (TPSA) is 35.8 Å². The number of thioether (sulfide) groups is 1. The van der Waals surface area contributed by atoms with E-state index >= 15 is 0 Å². The highest BCUT2D eigenvalue weighted by molar-refractivity contribution is 7.99. The summed E-state index contributed by atoms with van der Waals surface area (Å²) in [6.07, 6.45) is 9.07. The summed E-state index contributed by atoms with van der Waals surface area (Å²) in [6, 6.07) is 2.41. The normalized spacial score (nSPS) is 26.6. The average molecular weight is 282 g/mol. The minimum atomic E-state index is -0.321. The third-order valence-corrected chi connectivity index (χ3v) is 5.55. The van der Waals surface area contributed by atoms with Crippen LogP contribution in [0.2, 0.25) is 0 Å². The van der Waals surface area contributed by atoms with Gasteiger partial charge in [-0.2, -0.15) is 17.0 Å². The van der Waals surface area contributed by atoms with Crippen LogP contribution in [-0.2, 0) is 0 Å². The van der Waals surface area contributed by atoms with Crippen LogP contribution in [0.25, 0.3) is 0 Å². The van der Waals surface area contributed by atoms with E-state index in [2.05, 4.69) is 37.0 Å². The Labute approximate surface area is 123 Å². The van der Waals surface area contributed by atoms with Crippen LogP contribution in [0.3, 0.4) is 0 Å². The zero-order valence-electron chi connectivity index (χ0n) is 12.9. The van der Waals surface area contributed by atoms with Crippen LogP contribution in [-0.4, -0.2) is 23.1 Å². The second-order valence-corrected chi connectivity index (χ2v) is 7.60. The number of unbranched alkanes of at least 4 members (excludes halogenated alkanes) is 1. The van der Waals surface area contributed by atoms with Crippen molar-refractivity contribution in [2.75, 3.05) is 12.3 Å². The molecule has 0 spiro atoms. The fourth-order valence-corrected chi connectivity index (χ4v) is 4.44. The van der Waals surface area contributed by atoms with Gasteiger partial charge >= 0.3 is 0 Å². The fourth-order valence-electron chi connectivity index (χ4n) is 2.93. The molecular weight excluding hydrogens is 252 g/mol. The molecule has 0 heterocycles. The van der Waals surface area contributed by atoms with Crippen LogP contribution < -0.4 is 5.32 Å². The maximum Gasteiger partial charge on any atom is 0.103 e. The fraction of sp³-hybridized carbons (Fsp3) is 0.938. The Kier molecular flexibility index (Phi) is 7.87. The standard InChI is InChI=1S/C16H30N2S/c1-4-18-16(3,13-17)10-5-6-11-19-15-9-7-8-14(2)12-15/h14-15,18H,4-12H2,1-3H3. The lowest BCUT2D eigenvalue weighted by molar-refractivity contribution is 0.393. The van der Waals surface area contributed by atoms with Crippen LogP contribution in [0.1, 0.15) is 65.7 Å². The van der Waals surface area contributed by atoms with Gasteiger partial charge in [0.1, 0.15) is 5.54 Å². The lowest BCUT2D eigenvalue weighted by atomic mass is 9.91. The number of rotatable bonds is 8. The number of nitrogens with zero attached hydrogens (tertiary/aromatic N) is 1. The first-order chi connectivity index (χ1) is 9.09. The summed E-state index contributed by atoms with van der Waals surface area (Å²) in [7, 11) is 0. The molecule has 2 nitrogen and oxygen atoms in total. The van der Waals surface area contributed by atoms with E-state index < -0.39 is 0 Å². The van der Waals surface area contributed by atoms with Crippen molar-refractivity contribution >= 4 is 11.8 Å². The number of nitrogens with one attached hydrogen (secondary N) is 1. The van der Waals surface area contributed by atoms with E-state index in [0.29, 0.717) is 0 Å². The molecule has 1 N–H and O–H groups in total. The molecule has 1 aliphatic rings. The molecule has 3 heteroatoms. The molecule has 0 aromatic carbocycles. The zero-order chi connectivity index (χ0) is 14.1. The molecule has 0 saturated heterocycles. The lowest BCUT2D eigenvalue weighted by Gasteiger charge is -2.26. The quantitative estimate of drug-likeness (QED) is 0.672. The number of hydrogen-bond donors (Lipinski definition) is 1. The summed E-state index contributed by atoms with van der Waals surface area (Å²) in [4.78, 5) is 0. The zero-order valence-corrected chi connectivity index (χ0v) is 13.7. The van der Waals surface area contributed by atoms with E-state index in [1.807, 2.05) is 6.92 Å². The van der Waals surface area contributed by atoms with Gasteiger partial charge in [-0.1, -0.05) is 26.7 Å². The molecule has 3 atom stereocenters. The SMILES string of the molecule is CCNC(C)(C#N)CCCCSC1CCCC(C)C1. The molecule has 0 aromatic rings. The maximum atomic E-state index is 9.19. The molecule has 19 heavy (non-hydrogen) atoms. The maximum absolute atomic E-state index is 9.19. The van der Waals surface area contributed by atoms with Crippen LogP contribution >= 0.6 is 11.8 Å². The number of nitriles is 1. The summed E-state index contributed by atoms with van der Waals surface area (Å²) in [5.74, 6) is 2.20. The summed E-state index contributed by atoms with van der Waals surface area (Å²) >= 11 is 2.17. The molecule has 3 unspecified atom stereocenters. The summed E-state index contributed by atoms with van der Waals surface area (Å²) in [5.41, 5.74) is -0.321. The van der Waals surface area contributed by atoms with Gasteiger partial charge in [-0.3, -0.25) is 5.32 Å². The van der Waals surface area contributed by atoms with Gasteiger partial charge in [0, 0.05) is 5.25 Å².